The molecule has 0 saturated heterocycles. The lowest BCUT2D eigenvalue weighted by Gasteiger charge is -2.02. The maximum atomic E-state index is 5.89. The Morgan fingerprint density at radius 3 is 2.07 bits per heavy atom. The van der Waals surface area contributed by atoms with E-state index in [1.54, 1.807) is 36.5 Å². The molecule has 0 bridgehead atoms. The van der Waals surface area contributed by atoms with Crippen LogP contribution in [0.15, 0.2) is 36.5 Å². The van der Waals surface area contributed by atoms with Crippen LogP contribution >= 0.6 is 34.8 Å². The van der Waals surface area contributed by atoms with Crippen molar-refractivity contribution >= 4 is 34.8 Å². The molecular weight excluding hydrogens is 252 g/mol. The molecule has 0 aliphatic heterocycles. The zero-order valence-corrected chi connectivity index (χ0v) is 9.81. The molecule has 1 heterocycles. The Morgan fingerprint density at radius 2 is 1.47 bits per heavy atom. The predicted molar refractivity (Wildman–Crippen MR) is 64.7 cm³/mol. The Hall–Kier alpha value is -0.760. The molecule has 4 heteroatoms. The van der Waals surface area contributed by atoms with Gasteiger partial charge in [0.1, 0.15) is 0 Å². The van der Waals surface area contributed by atoms with Gasteiger partial charge in [0.2, 0.25) is 0 Å². The van der Waals surface area contributed by atoms with Crippen molar-refractivity contribution in [3.05, 3.63) is 51.6 Å². The number of benzene rings is 1. The van der Waals surface area contributed by atoms with Gasteiger partial charge >= 0.3 is 0 Å². The van der Waals surface area contributed by atoms with Crippen LogP contribution in [-0.2, 0) is 0 Å². The molecule has 0 aliphatic carbocycles. The lowest BCUT2D eigenvalue weighted by Crippen LogP contribution is -1.82. The van der Waals surface area contributed by atoms with Gasteiger partial charge in [0.25, 0.3) is 0 Å². The molecule has 1 nitrogen and oxygen atoms in total. The van der Waals surface area contributed by atoms with Crippen molar-refractivity contribution in [3.63, 3.8) is 0 Å². The van der Waals surface area contributed by atoms with E-state index in [4.69, 9.17) is 34.8 Å². The van der Waals surface area contributed by atoms with Gasteiger partial charge in [0.15, 0.2) is 0 Å². The van der Waals surface area contributed by atoms with Gasteiger partial charge in [-0.2, -0.15) is 0 Å². The van der Waals surface area contributed by atoms with Crippen molar-refractivity contribution in [2.45, 2.75) is 0 Å². The van der Waals surface area contributed by atoms with Crippen LogP contribution in [0.1, 0.15) is 0 Å². The predicted octanol–water partition coefficient (Wildman–Crippen LogP) is 4.71. The lowest BCUT2D eigenvalue weighted by molar-refractivity contribution is 1.33. The van der Waals surface area contributed by atoms with Crippen LogP contribution in [0.5, 0.6) is 0 Å². The number of aromatic nitrogens is 1. The summed E-state index contributed by atoms with van der Waals surface area (Å²) in [6, 6.07) is 8.76. The fourth-order valence-electron chi connectivity index (χ4n) is 1.26. The zero-order valence-electron chi connectivity index (χ0n) is 7.55. The molecule has 1 aromatic carbocycles. The van der Waals surface area contributed by atoms with E-state index in [0.717, 1.165) is 11.3 Å². The third-order valence-corrected chi connectivity index (χ3v) is 2.55. The second kappa shape index (κ2) is 4.40. The van der Waals surface area contributed by atoms with Crippen LogP contribution in [0.2, 0.25) is 15.1 Å². The van der Waals surface area contributed by atoms with Crippen LogP contribution < -0.4 is 0 Å². The fraction of sp³-hybridized carbons (Fsp3) is 0. The van der Waals surface area contributed by atoms with Gasteiger partial charge in [0.05, 0.1) is 5.69 Å². The molecule has 0 fully saturated rings. The van der Waals surface area contributed by atoms with Crippen molar-refractivity contribution < 1.29 is 0 Å². The van der Waals surface area contributed by atoms with Crippen LogP contribution in [0.25, 0.3) is 11.3 Å². The van der Waals surface area contributed by atoms with Gasteiger partial charge in [-0.05, 0) is 30.3 Å². The summed E-state index contributed by atoms with van der Waals surface area (Å²) >= 11 is 17.7. The lowest BCUT2D eigenvalue weighted by atomic mass is 10.1. The topological polar surface area (TPSA) is 12.9 Å². The minimum absolute atomic E-state index is 0.583. The summed E-state index contributed by atoms with van der Waals surface area (Å²) in [5.41, 5.74) is 1.61. The highest BCUT2D eigenvalue weighted by atomic mass is 35.5. The van der Waals surface area contributed by atoms with Gasteiger partial charge in [-0.15, -0.1) is 0 Å². The Balaban J connectivity index is 2.54. The smallest absolute Gasteiger partial charge is 0.0717 e. The van der Waals surface area contributed by atoms with Crippen LogP contribution in [-0.4, -0.2) is 4.98 Å². The highest BCUT2D eigenvalue weighted by Crippen LogP contribution is 2.27. The number of rotatable bonds is 1. The Morgan fingerprint density at radius 1 is 0.800 bits per heavy atom. The van der Waals surface area contributed by atoms with Crippen molar-refractivity contribution in [3.8, 4) is 11.3 Å². The Bertz CT molecular complexity index is 477. The van der Waals surface area contributed by atoms with Crippen molar-refractivity contribution in [1.82, 2.24) is 4.98 Å². The number of hydrogen-bond acceptors (Lipinski definition) is 1. The van der Waals surface area contributed by atoms with Gasteiger partial charge in [0, 0.05) is 26.8 Å². The molecule has 0 spiro atoms. The number of halogens is 3. The minimum Gasteiger partial charge on any atom is -0.256 e. The molecule has 76 valence electrons. The molecule has 0 unspecified atom stereocenters. The van der Waals surface area contributed by atoms with E-state index in [1.807, 2.05) is 0 Å². The highest BCUT2D eigenvalue weighted by molar-refractivity contribution is 6.35. The van der Waals surface area contributed by atoms with E-state index in [2.05, 4.69) is 4.98 Å². The van der Waals surface area contributed by atoms with Gasteiger partial charge in [-0.3, -0.25) is 4.98 Å². The number of hydrogen-bond donors (Lipinski definition) is 0. The first-order valence-corrected chi connectivity index (χ1v) is 5.36. The summed E-state index contributed by atoms with van der Waals surface area (Å²) in [7, 11) is 0. The monoisotopic (exact) mass is 257 g/mol. The first kappa shape index (κ1) is 10.7. The van der Waals surface area contributed by atoms with Gasteiger partial charge < -0.3 is 0 Å². The third-order valence-electron chi connectivity index (χ3n) is 1.88. The molecule has 2 aromatic rings. The number of pyridine rings is 1. The maximum absolute atomic E-state index is 5.89. The average molecular weight is 259 g/mol. The summed E-state index contributed by atoms with van der Waals surface area (Å²) < 4.78 is 0. The van der Waals surface area contributed by atoms with E-state index in [0.29, 0.717) is 15.1 Å². The summed E-state index contributed by atoms with van der Waals surface area (Å²) in [4.78, 5) is 4.19. The van der Waals surface area contributed by atoms with Crippen LogP contribution in [0.3, 0.4) is 0 Å². The summed E-state index contributed by atoms with van der Waals surface area (Å²) in [5, 5.41) is 1.80. The third kappa shape index (κ3) is 2.63. The van der Waals surface area contributed by atoms with Crippen molar-refractivity contribution in [2.24, 2.45) is 0 Å². The van der Waals surface area contributed by atoms with E-state index in [9.17, 15) is 0 Å². The quantitative estimate of drug-likeness (QED) is 0.722. The van der Waals surface area contributed by atoms with Crippen molar-refractivity contribution in [2.75, 3.05) is 0 Å². The first-order chi connectivity index (χ1) is 7.15. The fourth-order valence-corrected chi connectivity index (χ4v) is 1.95. The number of nitrogens with zero attached hydrogens (tertiary/aromatic N) is 1. The zero-order chi connectivity index (χ0) is 10.8. The SMILES string of the molecule is Clc1cc(Cl)cc(-c2cc(Cl)ccn2)c1. The molecule has 15 heavy (non-hydrogen) atoms. The molecular formula is C11H6Cl3N. The maximum Gasteiger partial charge on any atom is 0.0717 e. The van der Waals surface area contributed by atoms with E-state index in [1.165, 1.54) is 0 Å². The largest absolute Gasteiger partial charge is 0.256 e. The van der Waals surface area contributed by atoms with E-state index >= 15 is 0 Å². The Labute approximate surface area is 103 Å². The van der Waals surface area contributed by atoms with Crippen LogP contribution in [0, 0.1) is 0 Å². The normalized spacial score (nSPS) is 10.3. The second-order valence-corrected chi connectivity index (χ2v) is 4.33. The average Bonchev–Trinajstić information content (AvgIpc) is 2.16. The molecule has 0 atom stereocenters. The standard InChI is InChI=1S/C11H6Cl3N/c12-8-1-2-15-11(6-8)7-3-9(13)5-10(14)4-7/h1-6H. The van der Waals surface area contributed by atoms with Crippen LogP contribution in [0.4, 0.5) is 0 Å². The summed E-state index contributed by atoms with van der Waals surface area (Å²) in [6.07, 6.45) is 1.65. The van der Waals surface area contributed by atoms with E-state index in [-0.39, 0.29) is 0 Å². The Kier molecular flexibility index (Phi) is 3.15. The van der Waals surface area contributed by atoms with Gasteiger partial charge in [-0.1, -0.05) is 34.8 Å². The summed E-state index contributed by atoms with van der Waals surface area (Å²) in [5.74, 6) is 0. The molecule has 1 aromatic heterocycles. The van der Waals surface area contributed by atoms with Gasteiger partial charge in [-0.25, -0.2) is 0 Å². The molecule has 0 amide bonds. The van der Waals surface area contributed by atoms with Crippen molar-refractivity contribution in [1.29, 1.82) is 0 Å². The van der Waals surface area contributed by atoms with E-state index < -0.39 is 0 Å². The molecule has 0 aliphatic rings. The molecule has 0 N–H and O–H groups in total. The first-order valence-electron chi connectivity index (χ1n) is 4.23. The second-order valence-electron chi connectivity index (χ2n) is 3.02. The summed E-state index contributed by atoms with van der Waals surface area (Å²) in [6.45, 7) is 0. The molecule has 2 rings (SSSR count). The molecule has 0 radical (unpaired) electrons. The molecule has 0 saturated carbocycles. The minimum atomic E-state index is 0.583. The highest BCUT2D eigenvalue weighted by Gasteiger charge is 2.02.